The first-order valence-electron chi connectivity index (χ1n) is 8.24. The number of alkyl carbamates (subject to hydrolysis) is 1. The first-order chi connectivity index (χ1) is 12.0. The van der Waals surface area contributed by atoms with E-state index in [2.05, 4.69) is 17.2 Å². The van der Waals surface area contributed by atoms with Crippen molar-refractivity contribution in [2.45, 2.75) is 52.2 Å². The fraction of sp³-hybridized carbons (Fsp3) is 0.421. The summed E-state index contributed by atoms with van der Waals surface area (Å²) in [4.78, 5) is 35.0. The van der Waals surface area contributed by atoms with Crippen LogP contribution in [-0.4, -0.2) is 29.6 Å². The number of carbonyl (C=O) groups is 3. The number of hydrogen-bond donors (Lipinski definition) is 2. The van der Waals surface area contributed by atoms with Gasteiger partial charge >= 0.3 is 35.7 Å². The molecule has 0 aliphatic heterocycles. The van der Waals surface area contributed by atoms with E-state index in [1.807, 2.05) is 6.92 Å². The number of hydrogen-bond acceptors (Lipinski definition) is 5. The van der Waals surface area contributed by atoms with Crippen molar-refractivity contribution in [3.8, 4) is 0 Å². The molecule has 27 heavy (non-hydrogen) atoms. The summed E-state index contributed by atoms with van der Waals surface area (Å²) in [5.74, 6) is -1.85. The molecule has 8 heteroatoms. The largest absolute Gasteiger partial charge is 1.00 e. The van der Waals surface area contributed by atoms with Crippen LogP contribution in [0.2, 0.25) is 0 Å². The molecule has 2 N–H and O–H groups in total. The van der Waals surface area contributed by atoms with E-state index in [9.17, 15) is 19.5 Å². The van der Waals surface area contributed by atoms with Crippen LogP contribution >= 0.6 is 0 Å². The van der Waals surface area contributed by atoms with Gasteiger partial charge in [0.1, 0.15) is 11.6 Å². The Kier molecular flexibility index (Phi) is 10.4. The molecule has 0 radical (unpaired) electrons. The smallest absolute Gasteiger partial charge is 0.550 e. The first kappa shape index (κ1) is 25.2. The molecule has 0 unspecified atom stereocenters. The Balaban J connectivity index is 0.00000676. The number of aliphatic carboxylic acids is 1. The summed E-state index contributed by atoms with van der Waals surface area (Å²) in [6.45, 7) is 10.8. The summed E-state index contributed by atoms with van der Waals surface area (Å²) in [6.07, 6.45) is -1.28. The van der Waals surface area contributed by atoms with Crippen molar-refractivity contribution in [1.29, 1.82) is 0 Å². The van der Waals surface area contributed by atoms with Crippen molar-refractivity contribution in [3.05, 3.63) is 36.4 Å². The molecule has 0 saturated heterocycles. The van der Waals surface area contributed by atoms with E-state index < -0.39 is 29.6 Å². The standard InChI is InChI=1S/C19H26N2O5.Na/c1-12(2)13-6-8-14(9-7-13)20-17(24)15(10-11-16(22)23)21-18(25)26-19(3,4)5;/h6-9,15H,1,10-11H2,2-5H3,(H,20,24)(H,21,25)(H,22,23);/q;+1/p-1/t15-;/m0./s1. The average molecular weight is 384 g/mol. The summed E-state index contributed by atoms with van der Waals surface area (Å²) in [5.41, 5.74) is 1.60. The average Bonchev–Trinajstić information content (AvgIpc) is 2.49. The fourth-order valence-corrected chi connectivity index (χ4v) is 2.05. The summed E-state index contributed by atoms with van der Waals surface area (Å²) in [7, 11) is 0. The number of ether oxygens (including phenoxy) is 1. The first-order valence-corrected chi connectivity index (χ1v) is 8.24. The second kappa shape index (κ2) is 11.1. The van der Waals surface area contributed by atoms with Crippen molar-refractivity contribution in [1.82, 2.24) is 5.32 Å². The summed E-state index contributed by atoms with van der Waals surface area (Å²) < 4.78 is 5.11. The third-order valence-electron chi connectivity index (χ3n) is 3.29. The van der Waals surface area contributed by atoms with Gasteiger partial charge in [-0.25, -0.2) is 4.79 Å². The Morgan fingerprint density at radius 3 is 2.19 bits per heavy atom. The van der Waals surface area contributed by atoms with Crippen molar-refractivity contribution in [2.75, 3.05) is 5.32 Å². The number of amides is 2. The van der Waals surface area contributed by atoms with Crippen LogP contribution in [0, 0.1) is 0 Å². The molecular weight excluding hydrogens is 359 g/mol. The second-order valence-corrected chi connectivity index (χ2v) is 6.96. The molecule has 0 spiro atoms. The Labute approximate surface area is 181 Å². The zero-order valence-electron chi connectivity index (χ0n) is 16.5. The second-order valence-electron chi connectivity index (χ2n) is 6.96. The minimum Gasteiger partial charge on any atom is -0.550 e. The summed E-state index contributed by atoms with van der Waals surface area (Å²) in [5, 5.41) is 15.8. The number of nitrogens with one attached hydrogen (secondary N) is 2. The Bertz CT molecular complexity index is 680. The number of allylic oxidation sites excluding steroid dienone is 1. The van der Waals surface area contributed by atoms with E-state index in [1.54, 1.807) is 45.0 Å². The molecule has 0 aliphatic rings. The van der Waals surface area contributed by atoms with Gasteiger partial charge in [0.25, 0.3) is 0 Å². The molecule has 1 rings (SSSR count). The van der Waals surface area contributed by atoms with E-state index in [1.165, 1.54) is 0 Å². The molecule has 2 amide bonds. The van der Waals surface area contributed by atoms with Gasteiger partial charge in [0.05, 0.1) is 0 Å². The van der Waals surface area contributed by atoms with Gasteiger partial charge in [-0.2, -0.15) is 0 Å². The minimum absolute atomic E-state index is 0. The van der Waals surface area contributed by atoms with Crippen LogP contribution in [0.4, 0.5) is 10.5 Å². The third kappa shape index (κ3) is 10.2. The van der Waals surface area contributed by atoms with Crippen LogP contribution in [0.3, 0.4) is 0 Å². The molecule has 0 aliphatic carbocycles. The van der Waals surface area contributed by atoms with Gasteiger partial charge < -0.3 is 25.3 Å². The number of carboxylic acids is 1. The quantitative estimate of drug-likeness (QED) is 0.592. The number of rotatable bonds is 7. The zero-order chi connectivity index (χ0) is 19.9. The topological polar surface area (TPSA) is 108 Å². The SMILES string of the molecule is C=C(C)c1ccc(NC(=O)[C@H](CCC(=O)[O-])NC(=O)OC(C)(C)C)cc1.[Na+]. The molecule has 0 bridgehead atoms. The van der Waals surface area contributed by atoms with E-state index >= 15 is 0 Å². The normalized spacial score (nSPS) is 11.6. The van der Waals surface area contributed by atoms with Gasteiger partial charge in [-0.15, -0.1) is 0 Å². The fourth-order valence-electron chi connectivity index (χ4n) is 2.05. The van der Waals surface area contributed by atoms with Gasteiger partial charge in [0.15, 0.2) is 0 Å². The molecular formula is C19H25N2NaO5. The molecule has 0 saturated carbocycles. The molecule has 0 aromatic heterocycles. The molecule has 7 nitrogen and oxygen atoms in total. The number of benzene rings is 1. The van der Waals surface area contributed by atoms with Gasteiger partial charge in [-0.05, 0) is 58.2 Å². The zero-order valence-corrected chi connectivity index (χ0v) is 18.5. The van der Waals surface area contributed by atoms with Crippen molar-refractivity contribution < 1.29 is 53.8 Å². The van der Waals surface area contributed by atoms with Crippen molar-refractivity contribution in [2.24, 2.45) is 0 Å². The van der Waals surface area contributed by atoms with E-state index in [0.29, 0.717) is 5.69 Å². The summed E-state index contributed by atoms with van der Waals surface area (Å²) in [6, 6.07) is 5.94. The monoisotopic (exact) mass is 384 g/mol. The Morgan fingerprint density at radius 2 is 1.74 bits per heavy atom. The molecule has 1 aromatic carbocycles. The number of carboxylic acid groups (broad SMARTS) is 1. The number of carbonyl (C=O) groups excluding carboxylic acids is 3. The predicted molar refractivity (Wildman–Crippen MR) is 97.2 cm³/mol. The maximum Gasteiger partial charge on any atom is 1.00 e. The van der Waals surface area contributed by atoms with Gasteiger partial charge in [0.2, 0.25) is 5.91 Å². The van der Waals surface area contributed by atoms with Crippen LogP contribution in [0.5, 0.6) is 0 Å². The molecule has 1 atom stereocenters. The Hall–Kier alpha value is -1.83. The predicted octanol–water partition coefficient (Wildman–Crippen LogP) is -0.914. The van der Waals surface area contributed by atoms with Crippen LogP contribution in [0.15, 0.2) is 30.8 Å². The minimum atomic E-state index is -1.31. The van der Waals surface area contributed by atoms with Crippen LogP contribution in [0.1, 0.15) is 46.1 Å². The van der Waals surface area contributed by atoms with E-state index in [0.717, 1.165) is 11.1 Å². The van der Waals surface area contributed by atoms with Crippen LogP contribution in [0.25, 0.3) is 5.57 Å². The maximum absolute atomic E-state index is 12.4. The third-order valence-corrected chi connectivity index (χ3v) is 3.29. The van der Waals surface area contributed by atoms with Gasteiger partial charge in [-0.1, -0.05) is 24.3 Å². The molecule has 1 aromatic rings. The van der Waals surface area contributed by atoms with E-state index in [-0.39, 0.29) is 42.4 Å². The van der Waals surface area contributed by atoms with Crippen LogP contribution in [-0.2, 0) is 14.3 Å². The molecule has 0 heterocycles. The van der Waals surface area contributed by atoms with E-state index in [4.69, 9.17) is 4.74 Å². The van der Waals surface area contributed by atoms with Gasteiger partial charge in [-0.3, -0.25) is 4.79 Å². The summed E-state index contributed by atoms with van der Waals surface area (Å²) >= 11 is 0. The maximum atomic E-state index is 12.4. The van der Waals surface area contributed by atoms with Crippen molar-refractivity contribution >= 4 is 29.2 Å². The Morgan fingerprint density at radius 1 is 1.19 bits per heavy atom. The van der Waals surface area contributed by atoms with Crippen molar-refractivity contribution in [3.63, 3.8) is 0 Å². The number of anilines is 1. The van der Waals surface area contributed by atoms with Gasteiger partial charge in [0, 0.05) is 11.7 Å². The molecule has 142 valence electrons. The molecule has 0 fully saturated rings. The van der Waals surface area contributed by atoms with Crippen LogP contribution < -0.4 is 45.3 Å².